The molecule has 0 aromatic heterocycles. The highest BCUT2D eigenvalue weighted by atomic mass is 16.2. The van der Waals surface area contributed by atoms with Gasteiger partial charge in [-0.3, -0.25) is 0 Å². The van der Waals surface area contributed by atoms with Gasteiger partial charge in [0, 0.05) is 5.71 Å². The topological polar surface area (TPSA) is 67.5 Å². The van der Waals surface area contributed by atoms with E-state index in [1.54, 1.807) is 0 Å². The van der Waals surface area contributed by atoms with Crippen molar-refractivity contribution in [1.82, 2.24) is 5.43 Å². The Morgan fingerprint density at radius 3 is 3.00 bits per heavy atom. The monoisotopic (exact) mass is 257 g/mol. The Labute approximate surface area is 113 Å². The highest BCUT2D eigenvalue weighted by molar-refractivity contribution is 5.89. The number of nitrogens with zero attached hydrogens (tertiary/aromatic N) is 1. The number of carbonyl (C=O) groups is 1. The molecule has 2 amide bonds. The molecule has 1 saturated carbocycles. The molecule has 2 aliphatic carbocycles. The van der Waals surface area contributed by atoms with Gasteiger partial charge in [0.25, 0.3) is 0 Å². The van der Waals surface area contributed by atoms with Crippen LogP contribution in [-0.4, -0.2) is 11.7 Å². The van der Waals surface area contributed by atoms with E-state index in [9.17, 15) is 4.79 Å². The zero-order chi connectivity index (χ0) is 13.2. The fourth-order valence-corrected chi connectivity index (χ4v) is 3.52. The van der Waals surface area contributed by atoms with Gasteiger partial charge in [-0.1, -0.05) is 24.3 Å². The molecule has 4 heteroatoms. The third-order valence-electron chi connectivity index (χ3n) is 4.32. The lowest BCUT2D eigenvalue weighted by atomic mass is 9.87. The summed E-state index contributed by atoms with van der Waals surface area (Å²) >= 11 is 0. The lowest BCUT2D eigenvalue weighted by molar-refractivity contribution is 0.249. The minimum atomic E-state index is -0.583. The van der Waals surface area contributed by atoms with Crippen LogP contribution in [0.4, 0.5) is 4.79 Å². The van der Waals surface area contributed by atoms with Gasteiger partial charge in [-0.05, 0) is 55.1 Å². The summed E-state index contributed by atoms with van der Waals surface area (Å²) in [5.74, 6) is 1.23. The summed E-state index contributed by atoms with van der Waals surface area (Å²) in [6.07, 6.45) is 5.61. The van der Waals surface area contributed by atoms with Gasteiger partial charge in [-0.15, -0.1) is 0 Å². The first-order valence-corrected chi connectivity index (χ1v) is 6.92. The van der Waals surface area contributed by atoms with Crippen LogP contribution in [-0.2, 0) is 6.42 Å². The number of amides is 2. The summed E-state index contributed by atoms with van der Waals surface area (Å²) in [4.78, 5) is 10.7. The van der Waals surface area contributed by atoms with Crippen molar-refractivity contribution in [3.63, 3.8) is 0 Å². The smallest absolute Gasteiger partial charge is 0.332 e. The van der Waals surface area contributed by atoms with Gasteiger partial charge >= 0.3 is 6.03 Å². The van der Waals surface area contributed by atoms with Crippen LogP contribution < -0.4 is 11.2 Å². The normalized spacial score (nSPS) is 27.5. The van der Waals surface area contributed by atoms with Crippen LogP contribution >= 0.6 is 0 Å². The first kappa shape index (κ1) is 12.2. The molecule has 2 atom stereocenters. The van der Waals surface area contributed by atoms with Crippen molar-refractivity contribution in [3.05, 3.63) is 35.4 Å². The summed E-state index contributed by atoms with van der Waals surface area (Å²) in [7, 11) is 0. The second-order valence-electron chi connectivity index (χ2n) is 5.52. The second kappa shape index (κ2) is 5.03. The van der Waals surface area contributed by atoms with Gasteiger partial charge in [-0.2, -0.15) is 5.10 Å². The quantitative estimate of drug-likeness (QED) is 0.746. The van der Waals surface area contributed by atoms with Gasteiger partial charge in [0.05, 0.1) is 0 Å². The predicted octanol–water partition coefficient (Wildman–Crippen LogP) is 2.54. The Hall–Kier alpha value is -1.84. The summed E-state index contributed by atoms with van der Waals surface area (Å²) in [6, 6.07) is 8.16. The van der Waals surface area contributed by atoms with E-state index in [4.69, 9.17) is 5.73 Å². The van der Waals surface area contributed by atoms with E-state index in [-0.39, 0.29) is 0 Å². The molecule has 3 rings (SSSR count). The molecule has 1 aromatic carbocycles. The average molecular weight is 257 g/mol. The summed E-state index contributed by atoms with van der Waals surface area (Å²) in [5, 5.41) is 4.14. The fourth-order valence-electron chi connectivity index (χ4n) is 3.52. The van der Waals surface area contributed by atoms with Crippen LogP contribution in [0.5, 0.6) is 0 Å². The van der Waals surface area contributed by atoms with Crippen LogP contribution in [0.2, 0.25) is 0 Å². The van der Waals surface area contributed by atoms with Gasteiger partial charge in [-0.25, -0.2) is 10.2 Å². The Bertz CT molecular complexity index is 524. The Morgan fingerprint density at radius 1 is 1.32 bits per heavy atom. The maximum atomic E-state index is 10.7. The number of carbonyl (C=O) groups excluding carboxylic acids is 1. The molecule has 0 radical (unpaired) electrons. The molecule has 19 heavy (non-hydrogen) atoms. The minimum Gasteiger partial charge on any atom is -0.350 e. The number of fused-ring (bicyclic) bond motifs is 3. The van der Waals surface area contributed by atoms with Crippen molar-refractivity contribution in [2.24, 2.45) is 16.8 Å². The van der Waals surface area contributed by atoms with Gasteiger partial charge < -0.3 is 5.73 Å². The van der Waals surface area contributed by atoms with E-state index in [1.807, 2.05) is 0 Å². The van der Waals surface area contributed by atoms with E-state index in [2.05, 4.69) is 34.8 Å². The molecular weight excluding hydrogens is 238 g/mol. The zero-order valence-electron chi connectivity index (χ0n) is 10.9. The highest BCUT2D eigenvalue weighted by Gasteiger charge is 2.35. The number of urea groups is 1. The van der Waals surface area contributed by atoms with Crippen LogP contribution in [0.25, 0.3) is 0 Å². The molecule has 0 bridgehead atoms. The standard InChI is InChI=1S/C15H19N3O/c16-15(19)18-17-12-8-11-6-3-5-10-4-1-2-7-13(10)14(11)9-12/h1-2,4,7,11,14H,3,5-6,8-9H2,(H3,16,18,19). The van der Waals surface area contributed by atoms with Gasteiger partial charge in [0.1, 0.15) is 0 Å². The molecule has 4 nitrogen and oxygen atoms in total. The lowest BCUT2D eigenvalue weighted by Gasteiger charge is -2.17. The van der Waals surface area contributed by atoms with E-state index in [0.717, 1.165) is 18.6 Å². The number of nitrogens with two attached hydrogens (primary N) is 1. The molecular formula is C15H19N3O. The van der Waals surface area contributed by atoms with E-state index in [1.165, 1.54) is 30.4 Å². The van der Waals surface area contributed by atoms with Crippen molar-refractivity contribution in [2.45, 2.75) is 38.0 Å². The van der Waals surface area contributed by atoms with Crippen LogP contribution in [0.3, 0.4) is 0 Å². The molecule has 2 aliphatic rings. The van der Waals surface area contributed by atoms with Crippen molar-refractivity contribution in [3.8, 4) is 0 Å². The number of nitrogens with one attached hydrogen (secondary N) is 1. The van der Waals surface area contributed by atoms with Gasteiger partial charge in [0.2, 0.25) is 0 Å². The molecule has 0 spiro atoms. The third-order valence-corrected chi connectivity index (χ3v) is 4.32. The number of benzene rings is 1. The zero-order valence-corrected chi connectivity index (χ0v) is 10.9. The summed E-state index contributed by atoms with van der Waals surface area (Å²) in [6.45, 7) is 0. The van der Waals surface area contributed by atoms with Crippen LogP contribution in [0.1, 0.15) is 42.7 Å². The molecule has 0 saturated heterocycles. The summed E-state index contributed by atoms with van der Waals surface area (Å²) in [5.41, 5.74) is 11.5. The van der Waals surface area contributed by atoms with E-state index < -0.39 is 6.03 Å². The predicted molar refractivity (Wildman–Crippen MR) is 75.0 cm³/mol. The molecule has 0 aliphatic heterocycles. The van der Waals surface area contributed by atoms with Crippen LogP contribution in [0, 0.1) is 5.92 Å². The second-order valence-corrected chi connectivity index (χ2v) is 5.52. The maximum Gasteiger partial charge on any atom is 0.332 e. The molecule has 3 N–H and O–H groups in total. The number of rotatable bonds is 1. The average Bonchev–Trinajstić information content (AvgIpc) is 2.73. The Balaban J connectivity index is 1.85. The molecule has 100 valence electrons. The first-order valence-electron chi connectivity index (χ1n) is 6.92. The largest absolute Gasteiger partial charge is 0.350 e. The number of hydrogen-bond acceptors (Lipinski definition) is 2. The van der Waals surface area contributed by atoms with Crippen molar-refractivity contribution >= 4 is 11.7 Å². The minimum absolute atomic E-state index is 0.562. The summed E-state index contributed by atoms with van der Waals surface area (Å²) < 4.78 is 0. The molecule has 2 unspecified atom stereocenters. The Morgan fingerprint density at radius 2 is 2.16 bits per heavy atom. The van der Waals surface area contributed by atoms with Crippen molar-refractivity contribution in [1.29, 1.82) is 0 Å². The van der Waals surface area contributed by atoms with Crippen molar-refractivity contribution in [2.75, 3.05) is 0 Å². The fraction of sp³-hybridized carbons (Fsp3) is 0.467. The Kier molecular flexibility index (Phi) is 3.23. The van der Waals surface area contributed by atoms with Crippen molar-refractivity contribution < 1.29 is 4.79 Å². The van der Waals surface area contributed by atoms with E-state index >= 15 is 0 Å². The number of hydrogen-bond donors (Lipinski definition) is 2. The maximum absolute atomic E-state index is 10.7. The van der Waals surface area contributed by atoms with Gasteiger partial charge in [0.15, 0.2) is 0 Å². The SMILES string of the molecule is NC(=O)NN=C1CC2CCCc3ccccc3C2C1. The highest BCUT2D eigenvalue weighted by Crippen LogP contribution is 2.44. The first-order chi connectivity index (χ1) is 9.24. The molecule has 1 fully saturated rings. The lowest BCUT2D eigenvalue weighted by Crippen LogP contribution is -2.25. The van der Waals surface area contributed by atoms with E-state index in [0.29, 0.717) is 11.8 Å². The molecule has 1 aromatic rings. The van der Waals surface area contributed by atoms with Crippen LogP contribution in [0.15, 0.2) is 29.4 Å². The number of primary amides is 1. The molecule has 0 heterocycles. The third kappa shape index (κ3) is 2.48. The number of aryl methyl sites for hydroxylation is 1. The number of hydrazone groups is 1.